The van der Waals surface area contributed by atoms with Gasteiger partial charge in [0.1, 0.15) is 6.04 Å². The standard InChI is InChI=1S/C22H30N4O3S/c1-15(2)12-19(24-20(27)18-7-5-4-6-16(18)3)21(28)25-22-23-17(14-30-22)13-26-8-10-29-11-9-26/h4-7,14-15,19H,8-13H2,1-3H3,(H,24,27)(H,23,25,28). The molecular formula is C22H30N4O3S. The molecule has 1 unspecified atom stereocenters. The zero-order valence-electron chi connectivity index (χ0n) is 17.8. The molecule has 2 amide bonds. The monoisotopic (exact) mass is 430 g/mol. The fraction of sp³-hybridized carbons (Fsp3) is 0.500. The van der Waals surface area contributed by atoms with Gasteiger partial charge in [-0.3, -0.25) is 14.5 Å². The number of amides is 2. The van der Waals surface area contributed by atoms with Crippen molar-refractivity contribution < 1.29 is 14.3 Å². The molecule has 8 heteroatoms. The third-order valence-electron chi connectivity index (χ3n) is 4.99. The summed E-state index contributed by atoms with van der Waals surface area (Å²) in [7, 11) is 0. The Bertz CT molecular complexity index is 862. The van der Waals surface area contributed by atoms with Crippen molar-refractivity contribution >= 4 is 28.3 Å². The maximum atomic E-state index is 12.9. The molecule has 0 radical (unpaired) electrons. The average molecular weight is 431 g/mol. The summed E-state index contributed by atoms with van der Waals surface area (Å²) in [6.45, 7) is 9.96. The van der Waals surface area contributed by atoms with Crippen LogP contribution in [0.5, 0.6) is 0 Å². The molecule has 1 aromatic heterocycles. The quantitative estimate of drug-likeness (QED) is 0.673. The zero-order chi connectivity index (χ0) is 21.5. The lowest BCUT2D eigenvalue weighted by Crippen LogP contribution is -2.44. The van der Waals surface area contributed by atoms with E-state index >= 15 is 0 Å². The number of aryl methyl sites for hydroxylation is 1. The van der Waals surface area contributed by atoms with Crippen molar-refractivity contribution in [2.75, 3.05) is 31.6 Å². The van der Waals surface area contributed by atoms with E-state index in [0.717, 1.165) is 44.1 Å². The molecule has 1 saturated heterocycles. The maximum absolute atomic E-state index is 12.9. The minimum Gasteiger partial charge on any atom is -0.379 e. The molecule has 30 heavy (non-hydrogen) atoms. The normalized spacial score (nSPS) is 15.7. The van der Waals surface area contributed by atoms with Crippen molar-refractivity contribution in [1.29, 1.82) is 0 Å². The van der Waals surface area contributed by atoms with Gasteiger partial charge in [-0.05, 0) is 30.9 Å². The largest absolute Gasteiger partial charge is 0.379 e. The highest BCUT2D eigenvalue weighted by molar-refractivity contribution is 7.13. The van der Waals surface area contributed by atoms with Crippen LogP contribution in [0.15, 0.2) is 29.6 Å². The molecule has 0 saturated carbocycles. The number of hydrogen-bond donors (Lipinski definition) is 2. The summed E-state index contributed by atoms with van der Waals surface area (Å²) in [5.41, 5.74) is 2.40. The average Bonchev–Trinajstić information content (AvgIpc) is 3.14. The van der Waals surface area contributed by atoms with E-state index in [9.17, 15) is 9.59 Å². The van der Waals surface area contributed by atoms with Crippen LogP contribution < -0.4 is 10.6 Å². The highest BCUT2D eigenvalue weighted by atomic mass is 32.1. The lowest BCUT2D eigenvalue weighted by Gasteiger charge is -2.25. The Balaban J connectivity index is 1.62. The molecule has 0 bridgehead atoms. The van der Waals surface area contributed by atoms with E-state index in [1.54, 1.807) is 6.07 Å². The number of nitrogens with one attached hydrogen (secondary N) is 2. The Morgan fingerprint density at radius 3 is 2.67 bits per heavy atom. The van der Waals surface area contributed by atoms with E-state index in [2.05, 4.69) is 20.5 Å². The second-order valence-electron chi connectivity index (χ2n) is 7.99. The summed E-state index contributed by atoms with van der Waals surface area (Å²) >= 11 is 1.41. The molecule has 0 spiro atoms. The number of aromatic nitrogens is 1. The third kappa shape index (κ3) is 6.35. The van der Waals surface area contributed by atoms with Crippen molar-refractivity contribution in [3.05, 3.63) is 46.5 Å². The third-order valence-corrected chi connectivity index (χ3v) is 5.80. The van der Waals surface area contributed by atoms with Crippen molar-refractivity contribution in [3.8, 4) is 0 Å². The van der Waals surface area contributed by atoms with Gasteiger partial charge in [0.05, 0.1) is 18.9 Å². The van der Waals surface area contributed by atoms with Crippen LogP contribution in [0.25, 0.3) is 0 Å². The highest BCUT2D eigenvalue weighted by Gasteiger charge is 2.24. The fourth-order valence-corrected chi connectivity index (χ4v) is 4.09. The number of morpholine rings is 1. The Labute approximate surface area is 181 Å². The molecular weight excluding hydrogens is 400 g/mol. The number of nitrogens with zero attached hydrogens (tertiary/aromatic N) is 2. The van der Waals surface area contributed by atoms with Crippen LogP contribution in [0, 0.1) is 12.8 Å². The number of rotatable bonds is 8. The van der Waals surface area contributed by atoms with Crippen LogP contribution in [0.1, 0.15) is 41.9 Å². The SMILES string of the molecule is Cc1ccccc1C(=O)NC(CC(C)C)C(=O)Nc1nc(CN2CCOCC2)cs1. The smallest absolute Gasteiger partial charge is 0.252 e. The first kappa shape index (κ1) is 22.4. The maximum Gasteiger partial charge on any atom is 0.252 e. The Morgan fingerprint density at radius 2 is 1.97 bits per heavy atom. The van der Waals surface area contributed by atoms with Gasteiger partial charge in [0.25, 0.3) is 5.91 Å². The fourth-order valence-electron chi connectivity index (χ4n) is 3.38. The van der Waals surface area contributed by atoms with Gasteiger partial charge < -0.3 is 15.4 Å². The van der Waals surface area contributed by atoms with Gasteiger partial charge in [-0.25, -0.2) is 4.98 Å². The van der Waals surface area contributed by atoms with Gasteiger partial charge in [-0.15, -0.1) is 11.3 Å². The van der Waals surface area contributed by atoms with Crippen molar-refractivity contribution in [1.82, 2.24) is 15.2 Å². The Morgan fingerprint density at radius 1 is 1.23 bits per heavy atom. The summed E-state index contributed by atoms with van der Waals surface area (Å²) in [5.74, 6) is -0.218. The molecule has 1 atom stereocenters. The number of ether oxygens (including phenoxy) is 1. The van der Waals surface area contributed by atoms with Gasteiger partial charge in [-0.2, -0.15) is 0 Å². The summed E-state index contributed by atoms with van der Waals surface area (Å²) in [5, 5.41) is 8.31. The lowest BCUT2D eigenvalue weighted by atomic mass is 10.0. The van der Waals surface area contributed by atoms with Crippen LogP contribution in [0.4, 0.5) is 5.13 Å². The molecule has 2 aromatic rings. The van der Waals surface area contributed by atoms with Gasteiger partial charge in [-0.1, -0.05) is 32.0 Å². The Kier molecular flexibility index (Phi) is 7.95. The molecule has 0 aliphatic carbocycles. The van der Waals surface area contributed by atoms with Crippen molar-refractivity contribution in [2.45, 2.75) is 39.8 Å². The minimum absolute atomic E-state index is 0.235. The van der Waals surface area contributed by atoms with E-state index in [4.69, 9.17) is 4.74 Å². The van der Waals surface area contributed by atoms with Crippen molar-refractivity contribution in [3.63, 3.8) is 0 Å². The van der Waals surface area contributed by atoms with Crippen LogP contribution in [-0.2, 0) is 16.1 Å². The number of benzene rings is 1. The first-order valence-corrected chi connectivity index (χ1v) is 11.2. The van der Waals surface area contributed by atoms with Gasteiger partial charge in [0.15, 0.2) is 5.13 Å². The molecule has 1 fully saturated rings. The summed E-state index contributed by atoms with van der Waals surface area (Å²) < 4.78 is 5.37. The second-order valence-corrected chi connectivity index (χ2v) is 8.85. The highest BCUT2D eigenvalue weighted by Crippen LogP contribution is 2.19. The number of carbonyl (C=O) groups excluding carboxylic acids is 2. The Hall–Kier alpha value is -2.29. The summed E-state index contributed by atoms with van der Waals surface area (Å²) in [6.07, 6.45) is 0.551. The van der Waals surface area contributed by atoms with Crippen LogP contribution in [0.2, 0.25) is 0 Å². The predicted octanol–water partition coefficient (Wildman–Crippen LogP) is 3.07. The lowest BCUT2D eigenvalue weighted by molar-refractivity contribution is -0.118. The van der Waals surface area contributed by atoms with Gasteiger partial charge in [0, 0.05) is 30.6 Å². The number of carbonyl (C=O) groups is 2. The van der Waals surface area contributed by atoms with Gasteiger partial charge >= 0.3 is 0 Å². The van der Waals surface area contributed by atoms with E-state index in [1.807, 2.05) is 44.4 Å². The van der Waals surface area contributed by atoms with Crippen LogP contribution in [0.3, 0.4) is 0 Å². The van der Waals surface area contributed by atoms with E-state index in [-0.39, 0.29) is 17.7 Å². The molecule has 1 aliphatic heterocycles. The molecule has 2 N–H and O–H groups in total. The molecule has 1 aromatic carbocycles. The number of anilines is 1. The number of hydrogen-bond acceptors (Lipinski definition) is 6. The minimum atomic E-state index is -0.622. The van der Waals surface area contributed by atoms with E-state index in [0.29, 0.717) is 17.1 Å². The van der Waals surface area contributed by atoms with E-state index < -0.39 is 6.04 Å². The first-order chi connectivity index (χ1) is 14.4. The zero-order valence-corrected chi connectivity index (χ0v) is 18.6. The molecule has 3 rings (SSSR count). The predicted molar refractivity (Wildman–Crippen MR) is 119 cm³/mol. The molecule has 7 nitrogen and oxygen atoms in total. The molecule has 2 heterocycles. The van der Waals surface area contributed by atoms with Crippen LogP contribution >= 0.6 is 11.3 Å². The molecule has 162 valence electrons. The summed E-state index contributed by atoms with van der Waals surface area (Å²) in [4.78, 5) is 32.5. The van der Waals surface area contributed by atoms with Crippen LogP contribution in [-0.4, -0.2) is 54.0 Å². The first-order valence-electron chi connectivity index (χ1n) is 10.3. The molecule has 1 aliphatic rings. The summed E-state index contributed by atoms with van der Waals surface area (Å²) in [6, 6.07) is 6.75. The van der Waals surface area contributed by atoms with E-state index in [1.165, 1.54) is 11.3 Å². The number of thiazole rings is 1. The second kappa shape index (κ2) is 10.7. The van der Waals surface area contributed by atoms with Gasteiger partial charge in [0.2, 0.25) is 5.91 Å². The van der Waals surface area contributed by atoms with Crippen molar-refractivity contribution in [2.24, 2.45) is 5.92 Å². The topological polar surface area (TPSA) is 83.6 Å².